The molecule has 2 aliphatic heterocycles. The number of amides is 4. The molecule has 0 aromatic heterocycles. The molecule has 6 unspecified atom stereocenters. The first-order valence-electron chi connectivity index (χ1n) is 12.1. The average Bonchev–Trinajstić information content (AvgIpc) is 3.23. The van der Waals surface area contributed by atoms with Crippen molar-refractivity contribution in [3.63, 3.8) is 0 Å². The molecule has 3 aliphatic carbocycles. The van der Waals surface area contributed by atoms with Crippen LogP contribution in [0.1, 0.15) is 29.5 Å². The molecule has 4 amide bonds. The van der Waals surface area contributed by atoms with Crippen molar-refractivity contribution >= 4 is 29.3 Å². The normalized spacial score (nSPS) is 32.0. The van der Waals surface area contributed by atoms with Gasteiger partial charge in [-0.3, -0.25) is 24.1 Å². The van der Waals surface area contributed by atoms with Crippen LogP contribution in [-0.4, -0.2) is 35.6 Å². The van der Waals surface area contributed by atoms with Crippen molar-refractivity contribution in [1.82, 2.24) is 4.90 Å². The van der Waals surface area contributed by atoms with Crippen molar-refractivity contribution in [3.05, 3.63) is 53.1 Å². The first-order chi connectivity index (χ1) is 16.2. The van der Waals surface area contributed by atoms with Gasteiger partial charge in [0.1, 0.15) is 0 Å². The fraction of sp³-hybridized carbons (Fsp3) is 0.429. The minimum atomic E-state index is -0.505. The summed E-state index contributed by atoms with van der Waals surface area (Å²) in [5.41, 5.74) is 6.04. The molecule has 2 saturated heterocycles. The molecule has 174 valence electrons. The molecule has 0 N–H and O–H groups in total. The highest BCUT2D eigenvalue weighted by Gasteiger charge is 2.69. The summed E-state index contributed by atoms with van der Waals surface area (Å²) >= 11 is 0. The molecular formula is C28H28N2O4. The lowest BCUT2D eigenvalue weighted by Crippen LogP contribution is -2.53. The van der Waals surface area contributed by atoms with Crippen LogP contribution in [0.2, 0.25) is 0 Å². The zero-order valence-corrected chi connectivity index (χ0v) is 19.9. The summed E-state index contributed by atoms with van der Waals surface area (Å²) in [6, 6.07) is 12.2. The van der Waals surface area contributed by atoms with E-state index in [1.807, 2.05) is 25.1 Å². The summed E-state index contributed by atoms with van der Waals surface area (Å²) in [6.45, 7) is 6.09. The van der Waals surface area contributed by atoms with E-state index >= 15 is 0 Å². The van der Waals surface area contributed by atoms with Crippen LogP contribution < -0.4 is 4.90 Å². The Labute approximate surface area is 198 Å². The maximum Gasteiger partial charge on any atom is 0.238 e. The van der Waals surface area contributed by atoms with Gasteiger partial charge in [0, 0.05) is 7.05 Å². The molecule has 5 fully saturated rings. The number of fused-ring (bicyclic) bond motifs is 1. The predicted octanol–water partition coefficient (Wildman–Crippen LogP) is 3.66. The lowest BCUT2D eigenvalue weighted by Gasteiger charge is -2.48. The number of likely N-dealkylation sites (tertiary alicyclic amines) is 1. The van der Waals surface area contributed by atoms with E-state index in [0.29, 0.717) is 5.69 Å². The highest BCUT2D eigenvalue weighted by molar-refractivity contribution is 6.23. The van der Waals surface area contributed by atoms with E-state index in [-0.39, 0.29) is 35.5 Å². The average molecular weight is 457 g/mol. The standard InChI is InChI=1S/C28H28N2O4/c1-13-5-6-16(11-14(13)2)17-7-10-20(15(3)12-17)30-27(33)23-18-8-9-19(24(23)28(30)34)22-21(18)25(31)29(4)26(22)32/h5-7,10-12,18-19,21-24H,8-9H2,1-4H3. The van der Waals surface area contributed by atoms with E-state index in [0.717, 1.165) is 29.5 Å². The smallest absolute Gasteiger partial charge is 0.238 e. The number of hydrogen-bond acceptors (Lipinski definition) is 4. The van der Waals surface area contributed by atoms with Crippen LogP contribution in [0.3, 0.4) is 0 Å². The van der Waals surface area contributed by atoms with Crippen LogP contribution >= 0.6 is 0 Å². The second kappa shape index (κ2) is 7.11. The van der Waals surface area contributed by atoms with Crippen LogP contribution in [-0.2, 0) is 19.2 Å². The van der Waals surface area contributed by atoms with Crippen LogP contribution in [0.5, 0.6) is 0 Å². The van der Waals surface area contributed by atoms with Gasteiger partial charge in [-0.15, -0.1) is 0 Å². The Kier molecular flexibility index (Phi) is 4.45. The van der Waals surface area contributed by atoms with Gasteiger partial charge in [0.15, 0.2) is 0 Å². The summed E-state index contributed by atoms with van der Waals surface area (Å²) < 4.78 is 0. The van der Waals surface area contributed by atoms with Gasteiger partial charge < -0.3 is 0 Å². The van der Waals surface area contributed by atoms with Gasteiger partial charge >= 0.3 is 0 Å². The third-order valence-electron chi connectivity index (χ3n) is 8.97. The van der Waals surface area contributed by atoms with E-state index in [1.54, 1.807) is 0 Å². The molecule has 5 aliphatic rings. The Bertz CT molecular complexity index is 1250. The number of nitrogens with zero attached hydrogens (tertiary/aromatic N) is 2. The van der Waals surface area contributed by atoms with Crippen LogP contribution in [0.15, 0.2) is 36.4 Å². The molecule has 0 radical (unpaired) electrons. The number of rotatable bonds is 2. The Hall–Kier alpha value is -3.28. The summed E-state index contributed by atoms with van der Waals surface area (Å²) in [6.07, 6.45) is 1.44. The third kappa shape index (κ3) is 2.62. The number of anilines is 1. The van der Waals surface area contributed by atoms with Gasteiger partial charge in [-0.1, -0.05) is 24.3 Å². The van der Waals surface area contributed by atoms with Gasteiger partial charge in [0.2, 0.25) is 23.6 Å². The topological polar surface area (TPSA) is 74.8 Å². The van der Waals surface area contributed by atoms with Crippen LogP contribution in [0, 0.1) is 56.3 Å². The Balaban J connectivity index is 1.37. The zero-order chi connectivity index (χ0) is 24.0. The van der Waals surface area contributed by atoms with Crippen LogP contribution in [0.4, 0.5) is 5.69 Å². The Morgan fingerprint density at radius 1 is 0.618 bits per heavy atom. The van der Waals surface area contributed by atoms with Crippen molar-refractivity contribution in [3.8, 4) is 11.1 Å². The molecule has 2 bridgehead atoms. The van der Waals surface area contributed by atoms with Gasteiger partial charge in [-0.2, -0.15) is 0 Å². The molecule has 6 atom stereocenters. The minimum Gasteiger partial charge on any atom is -0.285 e. The van der Waals surface area contributed by atoms with Gasteiger partial charge in [0.25, 0.3) is 0 Å². The quantitative estimate of drug-likeness (QED) is 0.647. The molecule has 6 heteroatoms. The second-order valence-corrected chi connectivity index (χ2v) is 10.6. The van der Waals surface area contributed by atoms with Crippen molar-refractivity contribution in [2.45, 2.75) is 33.6 Å². The SMILES string of the molecule is Cc1ccc(-c2ccc(N3C(=O)C4C5CCC(C6C(=O)N(C)C(=O)C56)C4C3=O)c(C)c2)cc1C. The number of imide groups is 2. The maximum absolute atomic E-state index is 13.7. The molecular weight excluding hydrogens is 428 g/mol. The number of hydrogen-bond donors (Lipinski definition) is 0. The Morgan fingerprint density at radius 3 is 1.59 bits per heavy atom. The number of carbonyl (C=O) groups is 4. The predicted molar refractivity (Wildman–Crippen MR) is 127 cm³/mol. The van der Waals surface area contributed by atoms with E-state index in [1.165, 1.54) is 28.0 Å². The molecule has 2 heterocycles. The minimum absolute atomic E-state index is 0.184. The molecule has 3 saturated carbocycles. The monoisotopic (exact) mass is 456 g/mol. The second-order valence-electron chi connectivity index (χ2n) is 10.6. The number of aryl methyl sites for hydroxylation is 3. The van der Waals surface area contributed by atoms with Crippen molar-refractivity contribution in [2.24, 2.45) is 35.5 Å². The summed E-state index contributed by atoms with van der Waals surface area (Å²) in [4.78, 5) is 55.6. The third-order valence-corrected chi connectivity index (χ3v) is 8.97. The molecule has 0 spiro atoms. The van der Waals surface area contributed by atoms with Crippen molar-refractivity contribution in [2.75, 3.05) is 11.9 Å². The van der Waals surface area contributed by atoms with Gasteiger partial charge in [-0.25, -0.2) is 4.90 Å². The van der Waals surface area contributed by atoms with E-state index in [9.17, 15) is 19.2 Å². The number of benzene rings is 2. The first kappa shape index (κ1) is 21.3. The first-order valence-corrected chi connectivity index (χ1v) is 12.1. The van der Waals surface area contributed by atoms with E-state index in [2.05, 4.69) is 32.0 Å². The van der Waals surface area contributed by atoms with E-state index < -0.39 is 23.7 Å². The molecule has 2 aromatic rings. The maximum atomic E-state index is 13.7. The molecule has 6 nitrogen and oxygen atoms in total. The lowest BCUT2D eigenvalue weighted by molar-refractivity contribution is -0.148. The summed E-state index contributed by atoms with van der Waals surface area (Å²) in [7, 11) is 1.52. The molecule has 34 heavy (non-hydrogen) atoms. The largest absolute Gasteiger partial charge is 0.285 e. The summed E-state index contributed by atoms with van der Waals surface area (Å²) in [5.74, 6) is -3.18. The fourth-order valence-corrected chi connectivity index (χ4v) is 7.17. The molecule has 2 aromatic carbocycles. The van der Waals surface area contributed by atoms with Crippen LogP contribution in [0.25, 0.3) is 11.1 Å². The lowest BCUT2D eigenvalue weighted by atomic mass is 9.51. The number of carbonyl (C=O) groups excluding carboxylic acids is 4. The van der Waals surface area contributed by atoms with Gasteiger partial charge in [0.05, 0.1) is 29.4 Å². The highest BCUT2D eigenvalue weighted by atomic mass is 16.2. The van der Waals surface area contributed by atoms with E-state index in [4.69, 9.17) is 0 Å². The van der Waals surface area contributed by atoms with Gasteiger partial charge in [-0.05, 0) is 85.4 Å². The molecule has 7 rings (SSSR count). The Morgan fingerprint density at radius 2 is 1.09 bits per heavy atom. The van der Waals surface area contributed by atoms with Crippen molar-refractivity contribution < 1.29 is 19.2 Å². The van der Waals surface area contributed by atoms with Crippen molar-refractivity contribution in [1.29, 1.82) is 0 Å². The highest BCUT2D eigenvalue weighted by Crippen LogP contribution is 2.60. The zero-order valence-electron chi connectivity index (χ0n) is 19.9. The summed E-state index contributed by atoms with van der Waals surface area (Å²) in [5, 5.41) is 0. The fourth-order valence-electron chi connectivity index (χ4n) is 7.17.